The number of hydrogen-bond donors (Lipinski definition) is 2. The number of carboxylic acids is 1. The summed E-state index contributed by atoms with van der Waals surface area (Å²) in [6, 6.07) is 3.36. The van der Waals surface area contributed by atoms with Gasteiger partial charge in [0.25, 0.3) is 0 Å². The number of aromatic amines is 1. The van der Waals surface area contributed by atoms with E-state index in [1.54, 1.807) is 12.1 Å². The molecule has 1 aromatic carbocycles. The van der Waals surface area contributed by atoms with Gasteiger partial charge in [0.05, 0.1) is 11.1 Å². The van der Waals surface area contributed by atoms with Crippen LogP contribution in [0.25, 0.3) is 10.9 Å². The lowest BCUT2D eigenvalue weighted by atomic mass is 10.1. The summed E-state index contributed by atoms with van der Waals surface area (Å²) in [6.07, 6.45) is 4.28. The third-order valence-electron chi connectivity index (χ3n) is 2.42. The summed E-state index contributed by atoms with van der Waals surface area (Å²) in [6.45, 7) is 0. The molecule has 16 heavy (non-hydrogen) atoms. The van der Waals surface area contributed by atoms with Crippen molar-refractivity contribution in [1.29, 1.82) is 0 Å². The Morgan fingerprint density at radius 1 is 1.19 bits per heavy atom. The lowest BCUT2D eigenvalue weighted by molar-refractivity contribution is 0.0699. The third-order valence-corrected chi connectivity index (χ3v) is 2.42. The molecule has 0 bridgehead atoms. The quantitative estimate of drug-likeness (QED) is 0.767. The van der Waals surface area contributed by atoms with Gasteiger partial charge in [0, 0.05) is 17.6 Å². The lowest BCUT2D eigenvalue weighted by Gasteiger charge is -2.11. The van der Waals surface area contributed by atoms with E-state index in [1.807, 2.05) is 0 Å². The third kappa shape index (κ3) is 1.15. The van der Waals surface area contributed by atoms with E-state index in [4.69, 9.17) is 14.6 Å². The Kier molecular flexibility index (Phi) is 1.67. The first-order chi connectivity index (χ1) is 7.75. The van der Waals surface area contributed by atoms with Crippen LogP contribution in [0.4, 0.5) is 0 Å². The van der Waals surface area contributed by atoms with E-state index in [-0.39, 0.29) is 5.56 Å². The standard InChI is InChI=1S/C11H7NO4/c13-11(14)7-5-12-8-4-10-9(3-6(7)8)15-1-2-16-10/h1-5,12H,(H,13,14). The predicted molar refractivity (Wildman–Crippen MR) is 55.7 cm³/mol. The molecule has 1 aliphatic heterocycles. The largest absolute Gasteiger partial charge is 0.478 e. The number of aromatic carboxylic acids is 1. The van der Waals surface area contributed by atoms with Crippen molar-refractivity contribution in [2.24, 2.45) is 0 Å². The van der Waals surface area contributed by atoms with Gasteiger partial charge in [-0.05, 0) is 6.07 Å². The molecule has 0 amide bonds. The van der Waals surface area contributed by atoms with E-state index in [9.17, 15) is 4.79 Å². The normalized spacial score (nSPS) is 13.0. The van der Waals surface area contributed by atoms with Gasteiger partial charge in [0.15, 0.2) is 11.5 Å². The molecule has 0 radical (unpaired) electrons. The number of carboxylic acid groups (broad SMARTS) is 1. The number of H-pyrrole nitrogens is 1. The molecule has 2 N–H and O–H groups in total. The maximum atomic E-state index is 10.9. The smallest absolute Gasteiger partial charge is 0.337 e. The van der Waals surface area contributed by atoms with Crippen molar-refractivity contribution < 1.29 is 19.4 Å². The first-order valence-electron chi connectivity index (χ1n) is 4.62. The van der Waals surface area contributed by atoms with Crippen molar-refractivity contribution in [2.75, 3.05) is 0 Å². The van der Waals surface area contributed by atoms with Crippen molar-refractivity contribution in [2.45, 2.75) is 0 Å². The van der Waals surface area contributed by atoms with Crippen LogP contribution in [-0.2, 0) is 0 Å². The van der Waals surface area contributed by atoms with Crippen LogP contribution in [0.1, 0.15) is 10.4 Å². The minimum Gasteiger partial charge on any atom is -0.478 e. The molecule has 2 aromatic rings. The molecule has 0 aliphatic carbocycles. The van der Waals surface area contributed by atoms with Gasteiger partial charge >= 0.3 is 5.97 Å². The van der Waals surface area contributed by atoms with Gasteiger partial charge in [-0.1, -0.05) is 0 Å². The Morgan fingerprint density at radius 3 is 2.56 bits per heavy atom. The molecular weight excluding hydrogens is 210 g/mol. The monoisotopic (exact) mass is 217 g/mol. The van der Waals surface area contributed by atoms with Gasteiger partial charge in [-0.15, -0.1) is 0 Å². The topological polar surface area (TPSA) is 71.5 Å². The summed E-state index contributed by atoms with van der Waals surface area (Å²) >= 11 is 0. The number of rotatable bonds is 1. The molecule has 0 saturated carbocycles. The summed E-state index contributed by atoms with van der Waals surface area (Å²) in [5.41, 5.74) is 0.922. The lowest BCUT2D eigenvalue weighted by Crippen LogP contribution is -1.97. The molecule has 1 aliphatic rings. The summed E-state index contributed by atoms with van der Waals surface area (Å²) < 4.78 is 10.5. The molecule has 0 spiro atoms. The average molecular weight is 217 g/mol. The van der Waals surface area contributed by atoms with Gasteiger partial charge in [0.1, 0.15) is 12.5 Å². The fourth-order valence-electron chi connectivity index (χ4n) is 1.69. The molecule has 5 nitrogen and oxygen atoms in total. The van der Waals surface area contributed by atoms with Crippen LogP contribution in [0.15, 0.2) is 30.9 Å². The second-order valence-corrected chi connectivity index (χ2v) is 3.36. The number of aromatic nitrogens is 1. The van der Waals surface area contributed by atoms with E-state index >= 15 is 0 Å². The number of hydrogen-bond acceptors (Lipinski definition) is 3. The van der Waals surface area contributed by atoms with Crippen LogP contribution in [0.2, 0.25) is 0 Å². The van der Waals surface area contributed by atoms with Crippen molar-refractivity contribution in [3.05, 3.63) is 36.4 Å². The second-order valence-electron chi connectivity index (χ2n) is 3.36. The molecule has 0 unspecified atom stereocenters. The Hall–Kier alpha value is -2.43. The van der Waals surface area contributed by atoms with Crippen molar-refractivity contribution >= 4 is 16.9 Å². The molecular formula is C11H7NO4. The van der Waals surface area contributed by atoms with Gasteiger partial charge in [-0.2, -0.15) is 0 Å². The van der Waals surface area contributed by atoms with Crippen molar-refractivity contribution in [3.63, 3.8) is 0 Å². The Labute approximate surface area is 89.9 Å². The van der Waals surface area contributed by atoms with E-state index in [1.165, 1.54) is 18.7 Å². The Bertz CT molecular complexity index is 612. The van der Waals surface area contributed by atoms with Crippen LogP contribution in [0.5, 0.6) is 11.5 Å². The highest BCUT2D eigenvalue weighted by molar-refractivity contribution is 6.04. The Morgan fingerprint density at radius 2 is 1.88 bits per heavy atom. The number of benzene rings is 1. The first kappa shape index (κ1) is 8.84. The molecule has 80 valence electrons. The molecule has 0 saturated heterocycles. The SMILES string of the molecule is O=C(O)c1c[nH]c2cc3c(cc12)OC=CO3. The number of nitrogens with one attached hydrogen (secondary N) is 1. The van der Waals surface area contributed by atoms with Crippen molar-refractivity contribution in [3.8, 4) is 11.5 Å². The highest BCUT2D eigenvalue weighted by atomic mass is 16.5. The van der Waals surface area contributed by atoms with Gasteiger partial charge in [-0.25, -0.2) is 4.79 Å². The highest BCUT2D eigenvalue weighted by Crippen LogP contribution is 2.35. The van der Waals surface area contributed by atoms with Gasteiger partial charge in [-0.3, -0.25) is 0 Å². The van der Waals surface area contributed by atoms with E-state index in [0.717, 1.165) is 0 Å². The molecule has 3 rings (SSSR count). The molecule has 0 atom stereocenters. The predicted octanol–water partition coefficient (Wildman–Crippen LogP) is 2.11. The van der Waals surface area contributed by atoms with E-state index in [0.29, 0.717) is 22.4 Å². The van der Waals surface area contributed by atoms with Crippen LogP contribution in [0.3, 0.4) is 0 Å². The zero-order valence-corrected chi connectivity index (χ0v) is 8.06. The Balaban J connectivity index is 2.27. The zero-order valence-electron chi connectivity index (χ0n) is 8.06. The average Bonchev–Trinajstić information content (AvgIpc) is 2.68. The minimum atomic E-state index is -0.974. The highest BCUT2D eigenvalue weighted by Gasteiger charge is 2.16. The van der Waals surface area contributed by atoms with Gasteiger partial charge < -0.3 is 19.6 Å². The minimum absolute atomic E-state index is 0.218. The molecule has 0 fully saturated rings. The van der Waals surface area contributed by atoms with Crippen molar-refractivity contribution in [1.82, 2.24) is 4.98 Å². The van der Waals surface area contributed by atoms with E-state index < -0.39 is 5.97 Å². The molecule has 2 heterocycles. The summed E-state index contributed by atoms with van der Waals surface area (Å²) in [5.74, 6) is 0.101. The second kappa shape index (κ2) is 3.03. The van der Waals surface area contributed by atoms with Gasteiger partial charge in [0.2, 0.25) is 0 Å². The van der Waals surface area contributed by atoms with Crippen LogP contribution >= 0.6 is 0 Å². The van der Waals surface area contributed by atoms with Crippen LogP contribution in [0, 0.1) is 0 Å². The molecule has 5 heteroatoms. The fraction of sp³-hybridized carbons (Fsp3) is 0. The number of fused-ring (bicyclic) bond motifs is 2. The first-order valence-corrected chi connectivity index (χ1v) is 4.62. The zero-order chi connectivity index (χ0) is 11.1. The van der Waals surface area contributed by atoms with Crippen LogP contribution in [-0.4, -0.2) is 16.1 Å². The molecule has 1 aromatic heterocycles. The summed E-state index contributed by atoms with van der Waals surface area (Å²) in [4.78, 5) is 13.8. The fourth-order valence-corrected chi connectivity index (χ4v) is 1.69. The van der Waals surface area contributed by atoms with Crippen LogP contribution < -0.4 is 9.47 Å². The maximum Gasteiger partial charge on any atom is 0.337 e. The maximum absolute atomic E-state index is 10.9. The number of carbonyl (C=O) groups is 1. The number of ether oxygens (including phenoxy) is 2. The van der Waals surface area contributed by atoms with E-state index in [2.05, 4.69) is 4.98 Å². The summed E-state index contributed by atoms with van der Waals surface area (Å²) in [5, 5.41) is 9.57. The summed E-state index contributed by atoms with van der Waals surface area (Å²) in [7, 11) is 0.